The molecule has 0 saturated heterocycles. The Morgan fingerprint density at radius 3 is 2.67 bits per heavy atom. The van der Waals surface area contributed by atoms with Crippen molar-refractivity contribution in [2.75, 3.05) is 19.6 Å². The number of aromatic nitrogens is 1. The highest BCUT2D eigenvalue weighted by Crippen LogP contribution is 2.01. The van der Waals surface area contributed by atoms with E-state index < -0.39 is 0 Å². The van der Waals surface area contributed by atoms with Gasteiger partial charge in [-0.2, -0.15) is 0 Å². The number of hydrogen-bond acceptors (Lipinski definition) is 3. The number of hydrogen-bond donors (Lipinski definition) is 3. The van der Waals surface area contributed by atoms with Crippen molar-refractivity contribution in [3.05, 3.63) is 33.7 Å². The van der Waals surface area contributed by atoms with Crippen molar-refractivity contribution in [3.63, 3.8) is 0 Å². The van der Waals surface area contributed by atoms with Crippen LogP contribution in [0.1, 0.15) is 29.3 Å². The van der Waals surface area contributed by atoms with Gasteiger partial charge in [-0.05, 0) is 25.5 Å². The van der Waals surface area contributed by atoms with Gasteiger partial charge in [-0.1, -0.05) is 6.92 Å². The van der Waals surface area contributed by atoms with Gasteiger partial charge in [0.05, 0.1) is 5.56 Å². The fourth-order valence-electron chi connectivity index (χ4n) is 1.48. The summed E-state index contributed by atoms with van der Waals surface area (Å²) in [5, 5.41) is 5.99. The fraction of sp³-hybridized carbons (Fsp3) is 0.500. The van der Waals surface area contributed by atoms with Crippen LogP contribution in [0, 0.1) is 6.92 Å². The molecule has 0 spiro atoms. The lowest BCUT2D eigenvalue weighted by molar-refractivity contribution is 0.0953. The number of aromatic amines is 1. The normalized spacial score (nSPS) is 9.67. The molecule has 0 aliphatic heterocycles. The minimum Gasteiger partial charge on any atom is -0.351 e. The van der Waals surface area contributed by atoms with Crippen LogP contribution in [-0.2, 0) is 0 Å². The van der Waals surface area contributed by atoms with E-state index in [4.69, 9.17) is 0 Å². The number of H-pyrrole nitrogens is 1. The highest BCUT2D eigenvalue weighted by Gasteiger charge is 2.08. The number of nitrogens with one attached hydrogen (secondary N) is 3. The SMILES string of the molecule is CCCNCCNC(=O)c1c[nH]c(=O)cc1C.Cl. The molecule has 5 nitrogen and oxygen atoms in total. The average Bonchev–Trinajstić information content (AvgIpc) is 2.28. The van der Waals surface area contributed by atoms with E-state index >= 15 is 0 Å². The molecule has 3 N–H and O–H groups in total. The van der Waals surface area contributed by atoms with Gasteiger partial charge in [-0.3, -0.25) is 9.59 Å². The van der Waals surface area contributed by atoms with Gasteiger partial charge in [0, 0.05) is 25.4 Å². The molecule has 0 bridgehead atoms. The lowest BCUT2D eigenvalue weighted by Gasteiger charge is -2.07. The number of halogens is 1. The molecule has 1 rings (SSSR count). The van der Waals surface area contributed by atoms with Crippen LogP contribution in [-0.4, -0.2) is 30.5 Å². The topological polar surface area (TPSA) is 74.0 Å². The van der Waals surface area contributed by atoms with E-state index in [0.717, 1.165) is 19.5 Å². The number of rotatable bonds is 6. The summed E-state index contributed by atoms with van der Waals surface area (Å²) in [6.07, 6.45) is 2.53. The van der Waals surface area contributed by atoms with Gasteiger partial charge in [-0.25, -0.2) is 0 Å². The minimum atomic E-state index is -0.191. The average molecular weight is 274 g/mol. The van der Waals surface area contributed by atoms with Crippen LogP contribution in [0.2, 0.25) is 0 Å². The molecule has 1 aromatic heterocycles. The third-order valence-electron chi connectivity index (χ3n) is 2.39. The van der Waals surface area contributed by atoms with Crippen molar-refractivity contribution < 1.29 is 4.79 Å². The Labute approximate surface area is 113 Å². The summed E-state index contributed by atoms with van der Waals surface area (Å²) in [4.78, 5) is 25.2. The molecule has 1 aromatic rings. The maximum Gasteiger partial charge on any atom is 0.253 e. The molecular weight excluding hydrogens is 254 g/mol. The van der Waals surface area contributed by atoms with E-state index in [0.29, 0.717) is 17.7 Å². The lowest BCUT2D eigenvalue weighted by Crippen LogP contribution is -2.32. The Balaban J connectivity index is 0.00000289. The first-order valence-electron chi connectivity index (χ1n) is 5.83. The van der Waals surface area contributed by atoms with Crippen LogP contribution in [0.4, 0.5) is 0 Å². The van der Waals surface area contributed by atoms with E-state index in [1.54, 1.807) is 6.92 Å². The van der Waals surface area contributed by atoms with Gasteiger partial charge in [0.25, 0.3) is 5.91 Å². The molecule has 0 unspecified atom stereocenters. The highest BCUT2D eigenvalue weighted by molar-refractivity contribution is 5.95. The molecule has 0 radical (unpaired) electrons. The predicted octanol–water partition coefficient (Wildman–Crippen LogP) is 0.835. The molecule has 6 heteroatoms. The van der Waals surface area contributed by atoms with Crippen molar-refractivity contribution in [1.82, 2.24) is 15.6 Å². The Kier molecular flexibility index (Phi) is 8.07. The zero-order valence-corrected chi connectivity index (χ0v) is 11.5. The summed E-state index contributed by atoms with van der Waals surface area (Å²) >= 11 is 0. The monoisotopic (exact) mass is 273 g/mol. The first-order valence-corrected chi connectivity index (χ1v) is 5.83. The molecule has 0 fully saturated rings. The third-order valence-corrected chi connectivity index (χ3v) is 2.39. The maximum atomic E-state index is 11.7. The number of amides is 1. The van der Waals surface area contributed by atoms with Crippen molar-refractivity contribution >= 4 is 18.3 Å². The van der Waals surface area contributed by atoms with Crippen molar-refractivity contribution in [3.8, 4) is 0 Å². The smallest absolute Gasteiger partial charge is 0.253 e. The van der Waals surface area contributed by atoms with Crippen molar-refractivity contribution in [1.29, 1.82) is 0 Å². The zero-order valence-electron chi connectivity index (χ0n) is 10.7. The Hall–Kier alpha value is -1.33. The quantitative estimate of drug-likeness (QED) is 0.673. The van der Waals surface area contributed by atoms with Gasteiger partial charge < -0.3 is 15.6 Å². The van der Waals surface area contributed by atoms with Gasteiger partial charge in [0.1, 0.15) is 0 Å². The summed E-state index contributed by atoms with van der Waals surface area (Å²) in [6.45, 7) is 6.13. The first kappa shape index (κ1) is 16.7. The predicted molar refractivity (Wildman–Crippen MR) is 74.5 cm³/mol. The van der Waals surface area contributed by atoms with Gasteiger partial charge in [-0.15, -0.1) is 12.4 Å². The van der Waals surface area contributed by atoms with Gasteiger partial charge in [0.2, 0.25) is 5.56 Å². The number of carbonyl (C=O) groups excluding carboxylic acids is 1. The molecule has 0 aliphatic carbocycles. The second kappa shape index (κ2) is 8.72. The molecule has 1 heterocycles. The highest BCUT2D eigenvalue weighted by atomic mass is 35.5. The number of aryl methyl sites for hydroxylation is 1. The minimum absolute atomic E-state index is 0. The van der Waals surface area contributed by atoms with Crippen LogP contribution in [0.3, 0.4) is 0 Å². The van der Waals surface area contributed by atoms with Crippen LogP contribution < -0.4 is 16.2 Å². The van der Waals surface area contributed by atoms with Crippen LogP contribution >= 0.6 is 12.4 Å². The molecule has 0 saturated carbocycles. The van der Waals surface area contributed by atoms with E-state index in [9.17, 15) is 9.59 Å². The second-order valence-electron chi connectivity index (χ2n) is 3.90. The summed E-state index contributed by atoms with van der Waals surface area (Å²) in [6, 6.07) is 1.42. The molecule has 0 aromatic carbocycles. The number of carbonyl (C=O) groups is 1. The Morgan fingerprint density at radius 1 is 1.33 bits per heavy atom. The molecule has 102 valence electrons. The Morgan fingerprint density at radius 2 is 2.06 bits per heavy atom. The maximum absolute atomic E-state index is 11.7. The van der Waals surface area contributed by atoms with E-state index in [-0.39, 0.29) is 23.9 Å². The summed E-state index contributed by atoms with van der Waals surface area (Å²) in [5.41, 5.74) is 1.01. The fourth-order valence-corrected chi connectivity index (χ4v) is 1.48. The first-order chi connectivity index (χ1) is 8.15. The standard InChI is InChI=1S/C12H19N3O2.ClH/c1-3-4-13-5-6-14-12(17)10-8-15-11(16)7-9(10)2;/h7-8,13H,3-6H2,1-2H3,(H,14,17)(H,15,16);1H. The van der Waals surface area contributed by atoms with Gasteiger partial charge >= 0.3 is 0 Å². The summed E-state index contributed by atoms with van der Waals surface area (Å²) < 4.78 is 0. The molecule has 18 heavy (non-hydrogen) atoms. The van der Waals surface area contributed by atoms with Gasteiger partial charge in [0.15, 0.2) is 0 Å². The number of pyridine rings is 1. The van der Waals surface area contributed by atoms with Crippen molar-refractivity contribution in [2.45, 2.75) is 20.3 Å². The Bertz CT molecular complexity index is 432. The van der Waals surface area contributed by atoms with E-state index in [2.05, 4.69) is 22.5 Å². The molecule has 0 aliphatic rings. The van der Waals surface area contributed by atoms with E-state index in [1.165, 1.54) is 12.3 Å². The molecule has 1 amide bonds. The summed E-state index contributed by atoms with van der Waals surface area (Å²) in [7, 11) is 0. The van der Waals surface area contributed by atoms with Crippen LogP contribution in [0.25, 0.3) is 0 Å². The summed E-state index contributed by atoms with van der Waals surface area (Å²) in [5.74, 6) is -0.156. The third kappa shape index (κ3) is 5.33. The lowest BCUT2D eigenvalue weighted by atomic mass is 10.1. The molecular formula is C12H20ClN3O2. The molecule has 0 atom stereocenters. The van der Waals surface area contributed by atoms with Crippen LogP contribution in [0.15, 0.2) is 17.1 Å². The van der Waals surface area contributed by atoms with Crippen LogP contribution in [0.5, 0.6) is 0 Å². The van der Waals surface area contributed by atoms with E-state index in [1.807, 2.05) is 0 Å². The zero-order chi connectivity index (χ0) is 12.7. The van der Waals surface area contributed by atoms with Crippen molar-refractivity contribution in [2.24, 2.45) is 0 Å². The second-order valence-corrected chi connectivity index (χ2v) is 3.90. The largest absolute Gasteiger partial charge is 0.351 e.